The summed E-state index contributed by atoms with van der Waals surface area (Å²) >= 11 is 1.39. The number of hydrogen-bond acceptors (Lipinski definition) is 17. The topological polar surface area (TPSA) is 246 Å². The van der Waals surface area contributed by atoms with Gasteiger partial charge in [0.2, 0.25) is 5.91 Å². The van der Waals surface area contributed by atoms with Crippen molar-refractivity contribution in [1.29, 1.82) is 0 Å². The molecule has 0 radical (unpaired) electrons. The first kappa shape index (κ1) is 42.3. The highest BCUT2D eigenvalue weighted by Gasteiger charge is 2.59. The molecule has 272 valence electrons. The minimum Gasteiger partial charge on any atom is -0.462 e. The van der Waals surface area contributed by atoms with Crippen LogP contribution in [-0.2, 0) is 71.4 Å². The number of carbonyl (C=O) groups excluding carboxylic acids is 6. The van der Waals surface area contributed by atoms with Crippen molar-refractivity contribution in [3.63, 3.8) is 0 Å². The van der Waals surface area contributed by atoms with Gasteiger partial charge in [-0.05, 0) is 11.8 Å². The first-order valence-electron chi connectivity index (χ1n) is 14.8. The largest absolute Gasteiger partial charge is 0.462 e. The number of nitrogens with one attached hydrogen (secondary N) is 1. The molecule has 48 heavy (non-hydrogen) atoms. The number of amides is 1. The van der Waals surface area contributed by atoms with Crippen LogP contribution >= 0.6 is 11.8 Å². The molecule has 1 aliphatic heterocycles. The Balaban J connectivity index is 3.58. The monoisotopic (exact) mass is 708 g/mol. The molecule has 0 aromatic rings. The Bertz CT molecular complexity index is 1140. The molecule has 1 rings (SSSR count). The molecule has 1 heterocycles. The average molecular weight is 709 g/mol. The van der Waals surface area contributed by atoms with Crippen LogP contribution in [0.5, 0.6) is 0 Å². The van der Waals surface area contributed by atoms with Crippen LogP contribution in [0.25, 0.3) is 10.4 Å². The molecule has 0 aromatic heterocycles. The Morgan fingerprint density at radius 1 is 0.896 bits per heavy atom. The van der Waals surface area contributed by atoms with Gasteiger partial charge in [0.1, 0.15) is 25.4 Å². The predicted molar refractivity (Wildman–Crippen MR) is 164 cm³/mol. The van der Waals surface area contributed by atoms with Crippen LogP contribution in [-0.4, -0.2) is 137 Å². The fraction of sp³-hybridized carbons (Fsp3) is 0.786. The van der Waals surface area contributed by atoms with E-state index >= 15 is 0 Å². The average Bonchev–Trinajstić information content (AvgIpc) is 2.99. The molecule has 1 fully saturated rings. The summed E-state index contributed by atoms with van der Waals surface area (Å²) in [7, 11) is 0. The molecule has 1 aliphatic rings. The van der Waals surface area contributed by atoms with Crippen molar-refractivity contribution in [2.75, 3.05) is 64.8 Å². The number of thioether (sulfide) groups is 1. The molecular formula is C28H44N4O15S. The zero-order valence-corrected chi connectivity index (χ0v) is 28.6. The van der Waals surface area contributed by atoms with Gasteiger partial charge >= 0.3 is 29.8 Å². The lowest BCUT2D eigenvalue weighted by Gasteiger charge is -2.48. The number of nitrogens with zero attached hydrogens (tertiary/aromatic N) is 3. The number of carbonyl (C=O) groups is 6. The van der Waals surface area contributed by atoms with Crippen molar-refractivity contribution in [1.82, 2.24) is 5.32 Å². The highest BCUT2D eigenvalue weighted by molar-refractivity contribution is 7.98. The summed E-state index contributed by atoms with van der Waals surface area (Å²) in [6, 6.07) is -1.32. The molecule has 0 aromatic carbocycles. The van der Waals surface area contributed by atoms with Crippen LogP contribution in [0, 0.1) is 0 Å². The van der Waals surface area contributed by atoms with Crippen LogP contribution in [0.2, 0.25) is 0 Å². The lowest BCUT2D eigenvalue weighted by Crippen LogP contribution is -2.69. The van der Waals surface area contributed by atoms with E-state index in [1.165, 1.54) is 11.8 Å². The van der Waals surface area contributed by atoms with Gasteiger partial charge in [-0.3, -0.25) is 24.0 Å². The maximum Gasteiger partial charge on any atom is 0.367 e. The molecule has 0 bridgehead atoms. The van der Waals surface area contributed by atoms with Gasteiger partial charge in [0, 0.05) is 51.8 Å². The van der Waals surface area contributed by atoms with E-state index in [1.807, 2.05) is 0 Å². The van der Waals surface area contributed by atoms with E-state index in [-0.39, 0.29) is 46.2 Å². The SMILES string of the molecule is CSCCOC(=O)[C@@]1(OCCOCCOCCN=[N+]=[N-])C[C@H](OC(C)=O)[C@@H](NC(C)=O)[C@H]([C@H](OC(C)=O)[C@@H](COC(C)=O)OC(C)=O)O1. The van der Waals surface area contributed by atoms with E-state index in [0.717, 1.165) is 34.6 Å². The Morgan fingerprint density at radius 3 is 2.10 bits per heavy atom. The van der Waals surface area contributed by atoms with Gasteiger partial charge in [-0.1, -0.05) is 5.11 Å². The minimum atomic E-state index is -2.34. The van der Waals surface area contributed by atoms with E-state index in [1.54, 1.807) is 6.26 Å². The summed E-state index contributed by atoms with van der Waals surface area (Å²) in [5.41, 5.74) is 8.31. The Hall–Kier alpha value is -3.68. The molecule has 1 N–H and O–H groups in total. The van der Waals surface area contributed by atoms with Crippen molar-refractivity contribution in [2.24, 2.45) is 5.11 Å². The smallest absolute Gasteiger partial charge is 0.367 e. The predicted octanol–water partition coefficient (Wildman–Crippen LogP) is 0.601. The molecule has 1 amide bonds. The van der Waals surface area contributed by atoms with Crippen molar-refractivity contribution in [3.8, 4) is 0 Å². The van der Waals surface area contributed by atoms with E-state index in [0.29, 0.717) is 5.75 Å². The molecule has 0 saturated carbocycles. The third-order valence-corrected chi connectivity index (χ3v) is 6.74. The van der Waals surface area contributed by atoms with Crippen molar-refractivity contribution < 1.29 is 71.4 Å². The molecule has 0 aliphatic carbocycles. The lowest BCUT2D eigenvalue weighted by atomic mass is 9.88. The van der Waals surface area contributed by atoms with Gasteiger partial charge in [-0.15, -0.1) is 0 Å². The van der Waals surface area contributed by atoms with Crippen LogP contribution in [0.4, 0.5) is 0 Å². The fourth-order valence-corrected chi connectivity index (χ4v) is 4.71. The van der Waals surface area contributed by atoms with E-state index in [9.17, 15) is 28.8 Å². The second-order valence-corrected chi connectivity index (χ2v) is 11.1. The van der Waals surface area contributed by atoms with Crippen molar-refractivity contribution >= 4 is 47.5 Å². The molecule has 6 atom stereocenters. The maximum atomic E-state index is 13.7. The van der Waals surface area contributed by atoms with Crippen LogP contribution in [0.15, 0.2) is 5.11 Å². The summed E-state index contributed by atoms with van der Waals surface area (Å²) in [5.74, 6) is -6.91. The Kier molecular flexibility index (Phi) is 20.1. The highest BCUT2D eigenvalue weighted by Crippen LogP contribution is 2.37. The summed E-state index contributed by atoms with van der Waals surface area (Å²) in [5, 5.41) is 5.95. The second-order valence-electron chi connectivity index (χ2n) is 10.1. The third kappa shape index (κ3) is 15.9. The van der Waals surface area contributed by atoms with Crippen LogP contribution < -0.4 is 5.32 Å². The van der Waals surface area contributed by atoms with Gasteiger partial charge in [0.25, 0.3) is 5.79 Å². The highest BCUT2D eigenvalue weighted by atomic mass is 32.2. The van der Waals surface area contributed by atoms with Gasteiger partial charge in [0.05, 0.1) is 45.5 Å². The van der Waals surface area contributed by atoms with Crippen molar-refractivity contribution in [3.05, 3.63) is 10.4 Å². The number of esters is 5. The Labute approximate surface area is 281 Å². The second kappa shape index (κ2) is 22.8. The first-order chi connectivity index (χ1) is 22.8. The quantitative estimate of drug-likeness (QED) is 0.0404. The van der Waals surface area contributed by atoms with E-state index in [4.69, 9.17) is 48.2 Å². The molecule has 0 unspecified atom stereocenters. The lowest BCUT2D eigenvalue weighted by molar-refractivity contribution is -0.316. The number of azide groups is 1. The van der Waals surface area contributed by atoms with Crippen LogP contribution in [0.3, 0.4) is 0 Å². The molecule has 1 saturated heterocycles. The van der Waals surface area contributed by atoms with Gasteiger partial charge < -0.3 is 47.9 Å². The molecule has 19 nitrogen and oxygen atoms in total. The van der Waals surface area contributed by atoms with Gasteiger partial charge in [0.15, 0.2) is 12.2 Å². The standard InChI is InChI=1S/C28H44N4O15S/c1-17(33)31-24-22(44-19(3)35)15-28(27(38)41-13-14-48-6,43-12-11-40-10-9-39-8-7-30-32-29)47-26(24)25(46-21(5)37)23(45-20(4)36)16-42-18(2)34/h22-26H,7-16H2,1-6H3,(H,31,33)/t22-,23+,24+,25+,26+,28+/m0/s1. The van der Waals surface area contributed by atoms with E-state index in [2.05, 4.69) is 15.3 Å². The summed E-state index contributed by atoms with van der Waals surface area (Å²) in [4.78, 5) is 77.2. The third-order valence-electron chi connectivity index (χ3n) is 6.16. The number of hydrogen-bond donors (Lipinski definition) is 1. The maximum absolute atomic E-state index is 13.7. The molecule has 20 heteroatoms. The summed E-state index contributed by atoms with van der Waals surface area (Å²) in [6.07, 6.45) is -4.88. The van der Waals surface area contributed by atoms with Gasteiger partial charge in [-0.2, -0.15) is 11.8 Å². The van der Waals surface area contributed by atoms with E-state index < -0.39 is 85.0 Å². The van der Waals surface area contributed by atoms with Gasteiger partial charge in [-0.25, -0.2) is 4.79 Å². The number of ether oxygens (including phenoxy) is 9. The first-order valence-corrected chi connectivity index (χ1v) is 16.2. The fourth-order valence-electron chi connectivity index (χ4n) is 4.46. The van der Waals surface area contributed by atoms with Crippen LogP contribution in [0.1, 0.15) is 41.0 Å². The molecular weight excluding hydrogens is 664 g/mol. The summed E-state index contributed by atoms with van der Waals surface area (Å²) in [6.45, 7) is 5.03. The Morgan fingerprint density at radius 2 is 1.54 bits per heavy atom. The minimum absolute atomic E-state index is 0.0634. The van der Waals surface area contributed by atoms with Crippen molar-refractivity contribution in [2.45, 2.75) is 77.3 Å². The molecule has 0 spiro atoms. The zero-order valence-electron chi connectivity index (χ0n) is 27.8. The number of rotatable bonds is 22. The zero-order chi connectivity index (χ0) is 36.1. The normalized spacial score (nSPS) is 21.4. The summed E-state index contributed by atoms with van der Waals surface area (Å²) < 4.78 is 50.0.